The minimum Gasteiger partial charge on any atom is -0.480 e. The first-order chi connectivity index (χ1) is 3.68. The van der Waals surface area contributed by atoms with E-state index in [9.17, 15) is 4.79 Å². The van der Waals surface area contributed by atoms with Crippen LogP contribution < -0.4 is 5.73 Å². The van der Waals surface area contributed by atoms with Gasteiger partial charge in [-0.25, -0.2) is 0 Å². The summed E-state index contributed by atoms with van der Waals surface area (Å²) in [5.74, 6) is -0.438. The summed E-state index contributed by atoms with van der Waals surface area (Å²) in [6.07, 6.45) is 0.429. The molecule has 0 saturated carbocycles. The van der Waals surface area contributed by atoms with E-state index in [-0.39, 0.29) is 51.4 Å². The van der Waals surface area contributed by atoms with E-state index in [4.69, 9.17) is 10.8 Å². The molecule has 0 aromatic rings. The Kier molecular flexibility index (Phi) is 10.9. The van der Waals surface area contributed by atoms with Gasteiger partial charge in [0.2, 0.25) is 0 Å². The fraction of sp³-hybridized carbons (Fsp3) is 0.750. The number of hydrogen-bond acceptors (Lipinski definition) is 3. The Bertz CT molecular complexity index is 90.6. The predicted molar refractivity (Wildman–Crippen MR) is 39.8 cm³/mol. The molecule has 49 valence electrons. The molecular formula is C4H9KNO2S. The quantitative estimate of drug-likeness (QED) is 0.393. The van der Waals surface area contributed by atoms with Crippen molar-refractivity contribution in [2.75, 3.05) is 5.75 Å². The van der Waals surface area contributed by atoms with Crippen LogP contribution in [0.2, 0.25) is 0 Å². The Morgan fingerprint density at radius 2 is 2.22 bits per heavy atom. The standard InChI is InChI=1S/C4H9NO2S.K/c5-3(1-2-8)4(6)7;/h3,8H,1-2,5H2,(H,6,7);/t3-;/m0./s1. The number of thiol groups is 1. The van der Waals surface area contributed by atoms with E-state index in [0.717, 1.165) is 0 Å². The minimum atomic E-state index is -0.959. The van der Waals surface area contributed by atoms with Gasteiger partial charge in [0.25, 0.3) is 0 Å². The molecule has 1 atom stereocenters. The Labute approximate surface area is 102 Å². The molecule has 0 bridgehead atoms. The number of aliphatic carboxylic acids is 1. The van der Waals surface area contributed by atoms with Crippen molar-refractivity contribution in [1.29, 1.82) is 0 Å². The number of nitrogens with two attached hydrogens (primary N) is 1. The first-order valence-electron chi connectivity index (χ1n) is 2.27. The van der Waals surface area contributed by atoms with Crippen LogP contribution in [-0.4, -0.2) is 74.3 Å². The number of rotatable bonds is 3. The molecule has 5 heteroatoms. The molecule has 0 aliphatic carbocycles. The molecule has 0 aromatic carbocycles. The van der Waals surface area contributed by atoms with Crippen LogP contribution in [-0.2, 0) is 4.79 Å². The van der Waals surface area contributed by atoms with Gasteiger partial charge in [-0.1, -0.05) is 0 Å². The van der Waals surface area contributed by atoms with Gasteiger partial charge in [0.1, 0.15) is 6.04 Å². The van der Waals surface area contributed by atoms with E-state index >= 15 is 0 Å². The topological polar surface area (TPSA) is 63.3 Å². The molecule has 0 aromatic heterocycles. The number of carboxylic acid groups (broad SMARTS) is 1. The third kappa shape index (κ3) is 7.31. The Hall–Kier alpha value is 1.42. The average molecular weight is 174 g/mol. The van der Waals surface area contributed by atoms with E-state index in [2.05, 4.69) is 12.6 Å². The van der Waals surface area contributed by atoms with Crippen LogP contribution in [0.1, 0.15) is 6.42 Å². The molecule has 9 heavy (non-hydrogen) atoms. The Morgan fingerprint density at radius 1 is 1.78 bits per heavy atom. The van der Waals surface area contributed by atoms with Crippen molar-refractivity contribution in [2.45, 2.75) is 12.5 Å². The largest absolute Gasteiger partial charge is 0.480 e. The van der Waals surface area contributed by atoms with Crippen molar-refractivity contribution in [2.24, 2.45) is 5.73 Å². The maximum Gasteiger partial charge on any atom is 0.320 e. The first-order valence-corrected chi connectivity index (χ1v) is 2.91. The van der Waals surface area contributed by atoms with Crippen LogP contribution in [0.3, 0.4) is 0 Å². The summed E-state index contributed by atoms with van der Waals surface area (Å²) in [5.41, 5.74) is 5.08. The molecule has 0 amide bonds. The zero-order valence-corrected chi connectivity index (χ0v) is 9.39. The van der Waals surface area contributed by atoms with Crippen LogP contribution in [0.5, 0.6) is 0 Å². The summed E-state index contributed by atoms with van der Waals surface area (Å²) in [4.78, 5) is 9.93. The van der Waals surface area contributed by atoms with Crippen LogP contribution in [0.25, 0.3) is 0 Å². The smallest absolute Gasteiger partial charge is 0.320 e. The number of hydrogen-bond donors (Lipinski definition) is 3. The van der Waals surface area contributed by atoms with Crippen LogP contribution in [0, 0.1) is 0 Å². The zero-order chi connectivity index (χ0) is 6.57. The Balaban J connectivity index is 0. The second-order valence-electron chi connectivity index (χ2n) is 1.46. The van der Waals surface area contributed by atoms with E-state index in [1.165, 1.54) is 0 Å². The zero-order valence-electron chi connectivity index (χ0n) is 5.37. The average Bonchev–Trinajstić information content (AvgIpc) is 1.67. The van der Waals surface area contributed by atoms with Gasteiger partial charge in [-0.3, -0.25) is 4.79 Å². The fourth-order valence-corrected chi connectivity index (χ4v) is 0.541. The molecule has 1 radical (unpaired) electrons. The van der Waals surface area contributed by atoms with Crippen molar-refractivity contribution in [3.05, 3.63) is 0 Å². The summed E-state index contributed by atoms with van der Waals surface area (Å²) < 4.78 is 0. The summed E-state index contributed by atoms with van der Waals surface area (Å²) in [7, 11) is 0. The molecule has 0 aliphatic heterocycles. The summed E-state index contributed by atoms with van der Waals surface area (Å²) in [5, 5.41) is 8.15. The molecule has 0 spiro atoms. The maximum absolute atomic E-state index is 9.93. The second kappa shape index (κ2) is 7.52. The third-order valence-corrected chi connectivity index (χ3v) is 1.02. The van der Waals surface area contributed by atoms with Crippen LogP contribution >= 0.6 is 12.6 Å². The van der Waals surface area contributed by atoms with Crippen molar-refractivity contribution in [3.8, 4) is 0 Å². The second-order valence-corrected chi connectivity index (χ2v) is 1.90. The number of carbonyl (C=O) groups is 1. The van der Waals surface area contributed by atoms with Gasteiger partial charge < -0.3 is 10.8 Å². The van der Waals surface area contributed by atoms with Crippen molar-refractivity contribution < 1.29 is 9.90 Å². The van der Waals surface area contributed by atoms with Gasteiger partial charge in [0, 0.05) is 51.4 Å². The molecule has 3 nitrogen and oxygen atoms in total. The van der Waals surface area contributed by atoms with Gasteiger partial charge in [0.15, 0.2) is 0 Å². The van der Waals surface area contributed by atoms with Gasteiger partial charge in [-0.15, -0.1) is 0 Å². The van der Waals surface area contributed by atoms with Gasteiger partial charge in [-0.2, -0.15) is 12.6 Å². The van der Waals surface area contributed by atoms with Crippen LogP contribution in [0.4, 0.5) is 0 Å². The monoisotopic (exact) mass is 174 g/mol. The maximum atomic E-state index is 9.93. The van der Waals surface area contributed by atoms with Crippen molar-refractivity contribution >= 4 is 70.0 Å². The van der Waals surface area contributed by atoms with Crippen molar-refractivity contribution in [3.63, 3.8) is 0 Å². The van der Waals surface area contributed by atoms with E-state index in [1.54, 1.807) is 0 Å². The molecule has 0 rings (SSSR count). The molecule has 0 fully saturated rings. The van der Waals surface area contributed by atoms with E-state index in [1.807, 2.05) is 0 Å². The molecule has 0 saturated heterocycles. The summed E-state index contributed by atoms with van der Waals surface area (Å²) in [6, 6.07) is -0.743. The Morgan fingerprint density at radius 3 is 2.33 bits per heavy atom. The van der Waals surface area contributed by atoms with E-state index < -0.39 is 12.0 Å². The molecule has 0 unspecified atom stereocenters. The van der Waals surface area contributed by atoms with Gasteiger partial charge in [0.05, 0.1) is 0 Å². The molecule has 3 N–H and O–H groups in total. The molecule has 0 heterocycles. The van der Waals surface area contributed by atoms with Gasteiger partial charge in [-0.05, 0) is 12.2 Å². The fourth-order valence-electron chi connectivity index (χ4n) is 0.263. The third-order valence-electron chi connectivity index (χ3n) is 0.757. The molecular weight excluding hydrogens is 165 g/mol. The van der Waals surface area contributed by atoms with Crippen molar-refractivity contribution in [1.82, 2.24) is 0 Å². The number of carboxylic acids is 1. The molecule has 0 aliphatic rings. The van der Waals surface area contributed by atoms with Gasteiger partial charge >= 0.3 is 5.97 Å². The normalized spacial score (nSPS) is 11.8. The van der Waals surface area contributed by atoms with Crippen LogP contribution in [0.15, 0.2) is 0 Å². The minimum absolute atomic E-state index is 0. The SMILES string of the molecule is N[C@@H](CCS)C(=O)O.[K]. The predicted octanol–water partition coefficient (Wildman–Crippen LogP) is -0.663. The first kappa shape index (κ1) is 13.0. The summed E-state index contributed by atoms with van der Waals surface area (Å²) >= 11 is 3.81. The summed E-state index contributed by atoms with van der Waals surface area (Å²) in [6.45, 7) is 0. The van der Waals surface area contributed by atoms with E-state index in [0.29, 0.717) is 12.2 Å².